The molecule has 0 spiro atoms. The van der Waals surface area contributed by atoms with E-state index < -0.39 is 11.9 Å². The molecule has 0 radical (unpaired) electrons. The lowest BCUT2D eigenvalue weighted by Gasteiger charge is -2.29. The first kappa shape index (κ1) is 14.0. The van der Waals surface area contributed by atoms with E-state index in [9.17, 15) is 9.90 Å². The van der Waals surface area contributed by atoms with Crippen LogP contribution < -0.4 is 0 Å². The summed E-state index contributed by atoms with van der Waals surface area (Å²) in [7, 11) is 0. The fourth-order valence-electron chi connectivity index (χ4n) is 2.49. The zero-order valence-electron chi connectivity index (χ0n) is 11.2. The second-order valence-corrected chi connectivity index (χ2v) is 4.84. The van der Waals surface area contributed by atoms with Gasteiger partial charge in [-0.1, -0.05) is 13.0 Å². The standard InChI is InChI=1S/C14H20N2O3/c1-2-7-16(8-11-5-3-4-6-15-11)13-10-19-9-12(13)14(17)18/h3-6,12-13H,2,7-10H2,1H3,(H,17,18). The number of nitrogens with zero attached hydrogens (tertiary/aromatic N) is 2. The van der Waals surface area contributed by atoms with E-state index in [1.807, 2.05) is 18.2 Å². The van der Waals surface area contributed by atoms with Gasteiger partial charge in [0.05, 0.1) is 24.8 Å². The summed E-state index contributed by atoms with van der Waals surface area (Å²) in [6.07, 6.45) is 2.74. The Kier molecular flexibility index (Phi) is 4.87. The van der Waals surface area contributed by atoms with Gasteiger partial charge in [-0.25, -0.2) is 0 Å². The first-order chi connectivity index (χ1) is 9.22. The number of carboxylic acids is 1. The molecule has 2 atom stereocenters. The number of pyridine rings is 1. The summed E-state index contributed by atoms with van der Waals surface area (Å²) in [6.45, 7) is 4.42. The van der Waals surface area contributed by atoms with Gasteiger partial charge in [0.25, 0.3) is 0 Å². The fourth-order valence-corrected chi connectivity index (χ4v) is 2.49. The first-order valence-corrected chi connectivity index (χ1v) is 6.67. The van der Waals surface area contributed by atoms with Crippen molar-refractivity contribution < 1.29 is 14.6 Å². The average Bonchev–Trinajstić information content (AvgIpc) is 2.89. The van der Waals surface area contributed by atoms with E-state index in [4.69, 9.17) is 4.74 Å². The van der Waals surface area contributed by atoms with E-state index in [2.05, 4.69) is 16.8 Å². The predicted octanol–water partition coefficient (Wildman–Crippen LogP) is 1.39. The lowest BCUT2D eigenvalue weighted by atomic mass is 10.0. The molecular formula is C14H20N2O3. The predicted molar refractivity (Wildman–Crippen MR) is 70.7 cm³/mol. The molecule has 1 N–H and O–H groups in total. The minimum absolute atomic E-state index is 0.0561. The minimum Gasteiger partial charge on any atom is -0.481 e. The maximum atomic E-state index is 11.3. The van der Waals surface area contributed by atoms with Gasteiger partial charge in [0.1, 0.15) is 0 Å². The molecule has 1 aromatic rings. The largest absolute Gasteiger partial charge is 0.481 e. The van der Waals surface area contributed by atoms with Crippen LogP contribution in [-0.2, 0) is 16.1 Å². The number of aliphatic carboxylic acids is 1. The highest BCUT2D eigenvalue weighted by Crippen LogP contribution is 2.21. The van der Waals surface area contributed by atoms with Gasteiger partial charge in [0, 0.05) is 18.8 Å². The molecule has 0 amide bonds. The number of hydrogen-bond donors (Lipinski definition) is 1. The topological polar surface area (TPSA) is 62.7 Å². The third-order valence-electron chi connectivity index (χ3n) is 3.44. The Labute approximate surface area is 113 Å². The molecule has 1 saturated heterocycles. The molecule has 1 aromatic heterocycles. The molecule has 5 nitrogen and oxygen atoms in total. The Bertz CT molecular complexity index is 410. The monoisotopic (exact) mass is 264 g/mol. The van der Waals surface area contributed by atoms with E-state index in [1.165, 1.54) is 0 Å². The van der Waals surface area contributed by atoms with Gasteiger partial charge in [0.15, 0.2) is 0 Å². The highest BCUT2D eigenvalue weighted by Gasteiger charge is 2.37. The third-order valence-corrected chi connectivity index (χ3v) is 3.44. The lowest BCUT2D eigenvalue weighted by molar-refractivity contribution is -0.143. The molecule has 1 aliphatic heterocycles. The average molecular weight is 264 g/mol. The minimum atomic E-state index is -0.773. The Morgan fingerprint density at radius 3 is 3.00 bits per heavy atom. The molecule has 0 saturated carbocycles. The van der Waals surface area contributed by atoms with Crippen LogP contribution in [0, 0.1) is 5.92 Å². The molecule has 0 aromatic carbocycles. The molecule has 1 aliphatic rings. The summed E-state index contributed by atoms with van der Waals surface area (Å²) in [5.74, 6) is -1.21. The van der Waals surface area contributed by atoms with Crippen molar-refractivity contribution in [2.75, 3.05) is 19.8 Å². The number of carboxylic acid groups (broad SMARTS) is 1. The van der Waals surface area contributed by atoms with Crippen molar-refractivity contribution in [1.29, 1.82) is 0 Å². The molecule has 2 unspecified atom stereocenters. The fraction of sp³-hybridized carbons (Fsp3) is 0.571. The Balaban J connectivity index is 2.09. The molecular weight excluding hydrogens is 244 g/mol. The Morgan fingerprint density at radius 2 is 2.37 bits per heavy atom. The third kappa shape index (κ3) is 3.52. The molecule has 104 valence electrons. The summed E-state index contributed by atoms with van der Waals surface area (Å²) < 4.78 is 5.35. The summed E-state index contributed by atoms with van der Waals surface area (Å²) in [6, 6.07) is 5.74. The number of aromatic nitrogens is 1. The number of ether oxygens (including phenoxy) is 1. The van der Waals surface area contributed by atoms with Crippen molar-refractivity contribution >= 4 is 5.97 Å². The second kappa shape index (κ2) is 6.63. The molecule has 5 heteroatoms. The number of hydrogen-bond acceptors (Lipinski definition) is 4. The van der Waals surface area contributed by atoms with Crippen LogP contribution in [-0.4, -0.2) is 46.8 Å². The number of carbonyl (C=O) groups is 1. The molecule has 2 rings (SSSR count). The summed E-state index contributed by atoms with van der Waals surface area (Å²) >= 11 is 0. The molecule has 2 heterocycles. The van der Waals surface area contributed by atoms with Gasteiger partial charge in [-0.15, -0.1) is 0 Å². The Morgan fingerprint density at radius 1 is 1.53 bits per heavy atom. The van der Waals surface area contributed by atoms with Gasteiger partial charge in [-0.3, -0.25) is 14.7 Å². The van der Waals surface area contributed by atoms with Gasteiger partial charge in [0.2, 0.25) is 0 Å². The SMILES string of the molecule is CCCN(Cc1ccccn1)C1COCC1C(=O)O. The van der Waals surface area contributed by atoms with E-state index >= 15 is 0 Å². The zero-order chi connectivity index (χ0) is 13.7. The normalized spacial score (nSPS) is 22.8. The van der Waals surface area contributed by atoms with Gasteiger partial charge >= 0.3 is 5.97 Å². The number of rotatable bonds is 6. The van der Waals surface area contributed by atoms with Gasteiger partial charge in [-0.05, 0) is 25.1 Å². The molecule has 0 bridgehead atoms. The van der Waals surface area contributed by atoms with E-state index in [0.717, 1.165) is 18.7 Å². The van der Waals surface area contributed by atoms with Crippen LogP contribution in [0.5, 0.6) is 0 Å². The van der Waals surface area contributed by atoms with Crippen LogP contribution in [0.25, 0.3) is 0 Å². The van der Waals surface area contributed by atoms with Crippen LogP contribution in [0.1, 0.15) is 19.0 Å². The van der Waals surface area contributed by atoms with E-state index in [-0.39, 0.29) is 6.04 Å². The second-order valence-electron chi connectivity index (χ2n) is 4.84. The van der Waals surface area contributed by atoms with Gasteiger partial charge in [-0.2, -0.15) is 0 Å². The van der Waals surface area contributed by atoms with Crippen molar-refractivity contribution in [3.05, 3.63) is 30.1 Å². The molecule has 1 fully saturated rings. The van der Waals surface area contributed by atoms with Crippen molar-refractivity contribution in [1.82, 2.24) is 9.88 Å². The van der Waals surface area contributed by atoms with Crippen molar-refractivity contribution in [3.8, 4) is 0 Å². The summed E-state index contributed by atoms with van der Waals surface area (Å²) in [5, 5.41) is 9.24. The van der Waals surface area contributed by atoms with Crippen LogP contribution in [0.2, 0.25) is 0 Å². The zero-order valence-corrected chi connectivity index (χ0v) is 11.2. The molecule has 19 heavy (non-hydrogen) atoms. The molecule has 0 aliphatic carbocycles. The maximum Gasteiger partial charge on any atom is 0.310 e. The highest BCUT2D eigenvalue weighted by molar-refractivity contribution is 5.71. The van der Waals surface area contributed by atoms with Crippen LogP contribution in [0.3, 0.4) is 0 Å². The van der Waals surface area contributed by atoms with Crippen LogP contribution in [0.15, 0.2) is 24.4 Å². The van der Waals surface area contributed by atoms with Crippen molar-refractivity contribution in [3.63, 3.8) is 0 Å². The van der Waals surface area contributed by atoms with Crippen molar-refractivity contribution in [2.45, 2.75) is 25.9 Å². The lowest BCUT2D eigenvalue weighted by Crippen LogP contribution is -2.43. The maximum absolute atomic E-state index is 11.3. The van der Waals surface area contributed by atoms with E-state index in [0.29, 0.717) is 19.8 Å². The van der Waals surface area contributed by atoms with Gasteiger partial charge < -0.3 is 9.84 Å². The summed E-state index contributed by atoms with van der Waals surface area (Å²) in [5.41, 5.74) is 0.965. The van der Waals surface area contributed by atoms with Crippen LogP contribution in [0.4, 0.5) is 0 Å². The smallest absolute Gasteiger partial charge is 0.310 e. The first-order valence-electron chi connectivity index (χ1n) is 6.67. The highest BCUT2D eigenvalue weighted by atomic mass is 16.5. The van der Waals surface area contributed by atoms with Crippen LogP contribution >= 0.6 is 0 Å². The van der Waals surface area contributed by atoms with E-state index in [1.54, 1.807) is 6.20 Å². The van der Waals surface area contributed by atoms with Crippen molar-refractivity contribution in [2.24, 2.45) is 5.92 Å². The Hall–Kier alpha value is -1.46. The quantitative estimate of drug-likeness (QED) is 0.841. The summed E-state index contributed by atoms with van der Waals surface area (Å²) in [4.78, 5) is 17.7.